The smallest absolute Gasteiger partial charge is 0.160 e. The minimum absolute atomic E-state index is 0.0273. The van der Waals surface area contributed by atoms with E-state index in [2.05, 4.69) is 27.6 Å². The van der Waals surface area contributed by atoms with Crippen molar-refractivity contribution in [2.75, 3.05) is 12.8 Å². The topological polar surface area (TPSA) is 61.0 Å². The number of hydrogen-bond donors (Lipinski definition) is 1. The van der Waals surface area contributed by atoms with Crippen LogP contribution < -0.4 is 5.73 Å². The van der Waals surface area contributed by atoms with Crippen LogP contribution in [0.3, 0.4) is 0 Å². The average Bonchev–Trinajstić information content (AvgIpc) is 3.08. The fourth-order valence-electron chi connectivity index (χ4n) is 3.01. The Morgan fingerprint density at radius 2 is 1.89 bits per heavy atom. The number of hydrogen-bond acceptors (Lipinski definition) is 4. The lowest BCUT2D eigenvalue weighted by Gasteiger charge is -2.18. The second kappa shape index (κ2) is 5.52. The van der Waals surface area contributed by atoms with Crippen LogP contribution in [0.15, 0.2) is 0 Å². The van der Waals surface area contributed by atoms with Gasteiger partial charge in [-0.05, 0) is 54.2 Å². The number of nitrogens with two attached hydrogens (primary N) is 1. The zero-order valence-corrected chi connectivity index (χ0v) is 13.4. The van der Waals surface area contributed by atoms with Gasteiger partial charge in [-0.15, -0.1) is 0 Å². The van der Waals surface area contributed by atoms with E-state index in [4.69, 9.17) is 15.5 Å². The van der Waals surface area contributed by atoms with E-state index >= 15 is 0 Å². The van der Waals surface area contributed by atoms with Crippen LogP contribution in [-0.4, -0.2) is 17.1 Å². The molecule has 2 aliphatic rings. The Hall–Kier alpha value is -0.430. The first-order chi connectivity index (χ1) is 9.20. The molecule has 0 bridgehead atoms. The van der Waals surface area contributed by atoms with Crippen LogP contribution in [0.5, 0.6) is 0 Å². The predicted octanol–water partition coefficient (Wildman–Crippen LogP) is 3.42. The number of halogens is 1. The molecule has 0 aromatic carbocycles. The maximum atomic E-state index is 6.09. The Bertz CT molecular complexity index is 470. The molecule has 2 fully saturated rings. The number of nitrogen functional groups attached to an aromatic ring is 1. The average molecular weight is 373 g/mol. The Morgan fingerprint density at radius 1 is 1.21 bits per heavy atom. The Morgan fingerprint density at radius 3 is 2.47 bits per heavy atom. The summed E-state index contributed by atoms with van der Waals surface area (Å²) in [5.41, 5.74) is 7.24. The maximum absolute atomic E-state index is 6.09. The number of aromatic nitrogens is 2. The molecular formula is C14H20IN3O. The largest absolute Gasteiger partial charge is 0.383 e. The van der Waals surface area contributed by atoms with Crippen molar-refractivity contribution in [2.24, 2.45) is 5.92 Å². The predicted molar refractivity (Wildman–Crippen MR) is 82.8 cm³/mol. The molecule has 0 saturated heterocycles. The SMILES string of the molecule is COC(c1nc(N)c(I)c(C2CCCC2)n1)C1CC1. The second-order valence-electron chi connectivity index (χ2n) is 5.64. The molecule has 2 saturated carbocycles. The summed E-state index contributed by atoms with van der Waals surface area (Å²) in [6.07, 6.45) is 7.52. The number of nitrogens with zero attached hydrogens (tertiary/aromatic N) is 2. The Balaban J connectivity index is 1.96. The van der Waals surface area contributed by atoms with E-state index in [1.807, 2.05) is 0 Å². The molecule has 2 aliphatic carbocycles. The lowest BCUT2D eigenvalue weighted by atomic mass is 10.0. The molecule has 4 nitrogen and oxygen atoms in total. The molecule has 1 unspecified atom stereocenters. The number of anilines is 1. The van der Waals surface area contributed by atoms with Crippen LogP contribution in [0.4, 0.5) is 5.82 Å². The quantitative estimate of drug-likeness (QED) is 0.822. The van der Waals surface area contributed by atoms with Crippen LogP contribution >= 0.6 is 22.6 Å². The summed E-state index contributed by atoms with van der Waals surface area (Å²) in [6.45, 7) is 0. The van der Waals surface area contributed by atoms with Gasteiger partial charge < -0.3 is 10.5 Å². The maximum Gasteiger partial charge on any atom is 0.160 e. The molecule has 0 aliphatic heterocycles. The highest BCUT2D eigenvalue weighted by atomic mass is 127. The Kier molecular flexibility index (Phi) is 3.93. The van der Waals surface area contributed by atoms with Gasteiger partial charge in [-0.25, -0.2) is 9.97 Å². The molecule has 1 atom stereocenters. The van der Waals surface area contributed by atoms with Crippen molar-refractivity contribution in [2.45, 2.75) is 50.5 Å². The normalized spacial score (nSPS) is 21.8. The van der Waals surface area contributed by atoms with E-state index < -0.39 is 0 Å². The minimum atomic E-state index is 0.0273. The van der Waals surface area contributed by atoms with Crippen molar-refractivity contribution < 1.29 is 4.74 Å². The molecule has 0 amide bonds. The molecular weight excluding hydrogens is 353 g/mol. The summed E-state index contributed by atoms with van der Waals surface area (Å²) >= 11 is 2.29. The van der Waals surface area contributed by atoms with Gasteiger partial charge >= 0.3 is 0 Å². The fraction of sp³-hybridized carbons (Fsp3) is 0.714. The number of rotatable bonds is 4. The highest BCUT2D eigenvalue weighted by molar-refractivity contribution is 14.1. The van der Waals surface area contributed by atoms with E-state index in [1.54, 1.807) is 7.11 Å². The summed E-state index contributed by atoms with van der Waals surface area (Å²) in [5.74, 6) is 2.56. The van der Waals surface area contributed by atoms with Crippen molar-refractivity contribution in [3.8, 4) is 0 Å². The van der Waals surface area contributed by atoms with Crippen molar-refractivity contribution in [1.82, 2.24) is 9.97 Å². The molecule has 5 heteroatoms. The third-order valence-corrected chi connectivity index (χ3v) is 5.33. The van der Waals surface area contributed by atoms with Crippen LogP contribution in [0.25, 0.3) is 0 Å². The number of ether oxygens (including phenoxy) is 1. The molecule has 19 heavy (non-hydrogen) atoms. The molecule has 104 valence electrons. The summed E-state index contributed by atoms with van der Waals surface area (Å²) in [5, 5.41) is 0. The van der Waals surface area contributed by atoms with Gasteiger partial charge in [0.05, 0.1) is 9.26 Å². The lowest BCUT2D eigenvalue weighted by Crippen LogP contribution is -2.15. The van der Waals surface area contributed by atoms with Gasteiger partial charge in [0.25, 0.3) is 0 Å². The van der Waals surface area contributed by atoms with E-state index in [0.29, 0.717) is 17.7 Å². The van der Waals surface area contributed by atoms with Gasteiger partial charge in [-0.2, -0.15) is 0 Å². The number of methoxy groups -OCH3 is 1. The lowest BCUT2D eigenvalue weighted by molar-refractivity contribution is 0.0770. The van der Waals surface area contributed by atoms with Crippen molar-refractivity contribution in [1.29, 1.82) is 0 Å². The fourth-order valence-corrected chi connectivity index (χ4v) is 3.69. The third kappa shape index (κ3) is 2.72. The highest BCUT2D eigenvalue weighted by Crippen LogP contribution is 2.43. The third-order valence-electron chi connectivity index (χ3n) is 4.22. The molecule has 3 rings (SSSR count). The molecule has 1 aromatic heterocycles. The minimum Gasteiger partial charge on any atom is -0.383 e. The van der Waals surface area contributed by atoms with Crippen LogP contribution in [0, 0.1) is 9.49 Å². The first kappa shape index (κ1) is 13.5. The van der Waals surface area contributed by atoms with Gasteiger partial charge in [0.1, 0.15) is 11.9 Å². The van der Waals surface area contributed by atoms with E-state index in [9.17, 15) is 0 Å². The van der Waals surface area contributed by atoms with Gasteiger partial charge in [0.2, 0.25) is 0 Å². The summed E-state index contributed by atoms with van der Waals surface area (Å²) in [4.78, 5) is 9.30. The van der Waals surface area contributed by atoms with Gasteiger partial charge in [0.15, 0.2) is 5.82 Å². The van der Waals surface area contributed by atoms with E-state index in [-0.39, 0.29) is 6.10 Å². The molecule has 1 heterocycles. The van der Waals surface area contributed by atoms with Crippen molar-refractivity contribution in [3.63, 3.8) is 0 Å². The zero-order valence-electron chi connectivity index (χ0n) is 11.2. The first-order valence-electron chi connectivity index (χ1n) is 7.06. The van der Waals surface area contributed by atoms with Crippen molar-refractivity contribution in [3.05, 3.63) is 15.1 Å². The van der Waals surface area contributed by atoms with Gasteiger partial charge in [0, 0.05) is 13.0 Å². The first-order valence-corrected chi connectivity index (χ1v) is 8.14. The van der Waals surface area contributed by atoms with E-state index in [0.717, 1.165) is 15.1 Å². The monoisotopic (exact) mass is 373 g/mol. The second-order valence-corrected chi connectivity index (χ2v) is 6.72. The summed E-state index contributed by atoms with van der Waals surface area (Å²) in [6, 6.07) is 0. The molecule has 1 aromatic rings. The van der Waals surface area contributed by atoms with Crippen molar-refractivity contribution >= 4 is 28.4 Å². The van der Waals surface area contributed by atoms with E-state index in [1.165, 1.54) is 38.5 Å². The van der Waals surface area contributed by atoms with Crippen LogP contribution in [0.1, 0.15) is 62.1 Å². The highest BCUT2D eigenvalue weighted by Gasteiger charge is 2.35. The van der Waals surface area contributed by atoms with Gasteiger partial charge in [-0.1, -0.05) is 12.8 Å². The van der Waals surface area contributed by atoms with Crippen LogP contribution in [-0.2, 0) is 4.74 Å². The van der Waals surface area contributed by atoms with Gasteiger partial charge in [-0.3, -0.25) is 0 Å². The molecule has 2 N–H and O–H groups in total. The summed E-state index contributed by atoms with van der Waals surface area (Å²) in [7, 11) is 1.75. The van der Waals surface area contributed by atoms with Crippen LogP contribution in [0.2, 0.25) is 0 Å². The molecule has 0 spiro atoms. The zero-order chi connectivity index (χ0) is 13.4. The Labute approximate surface area is 127 Å². The standard InChI is InChI=1S/C14H20IN3O/c1-19-12(9-6-7-9)14-17-11(8-4-2-3-5-8)10(15)13(16)18-14/h8-9,12H,2-7H2,1H3,(H2,16,17,18). The summed E-state index contributed by atoms with van der Waals surface area (Å²) < 4.78 is 6.63. The molecule has 0 radical (unpaired) electrons.